The predicted octanol–water partition coefficient (Wildman–Crippen LogP) is 4.89. The fourth-order valence-corrected chi connectivity index (χ4v) is 3.60. The van der Waals surface area contributed by atoms with Crippen molar-refractivity contribution in [2.45, 2.75) is 33.1 Å². The highest BCUT2D eigenvalue weighted by Gasteiger charge is 2.10. The maximum atomic E-state index is 12.2. The first kappa shape index (κ1) is 27.3. The molecule has 8 nitrogen and oxygen atoms in total. The van der Waals surface area contributed by atoms with Gasteiger partial charge < -0.3 is 19.5 Å². The van der Waals surface area contributed by atoms with Crippen molar-refractivity contribution in [1.82, 2.24) is 5.43 Å². The number of benzene rings is 3. The number of nitrogens with one attached hydrogen (secondary N) is 2. The third-order valence-electron chi connectivity index (χ3n) is 5.49. The molecule has 37 heavy (non-hydrogen) atoms. The third-order valence-corrected chi connectivity index (χ3v) is 5.49. The van der Waals surface area contributed by atoms with Crippen LogP contribution in [0.3, 0.4) is 0 Å². The monoisotopic (exact) mass is 503 g/mol. The number of nitrogens with zero attached hydrogens (tertiary/aromatic N) is 1. The van der Waals surface area contributed by atoms with E-state index in [1.807, 2.05) is 50.2 Å². The number of hydrazone groups is 1. The zero-order valence-corrected chi connectivity index (χ0v) is 21.5. The summed E-state index contributed by atoms with van der Waals surface area (Å²) in [5.41, 5.74) is 6.33. The van der Waals surface area contributed by atoms with Gasteiger partial charge in [0.1, 0.15) is 5.75 Å². The zero-order chi connectivity index (χ0) is 26.5. The number of para-hydroxylation sites is 1. The highest BCUT2D eigenvalue weighted by atomic mass is 16.5. The number of anilines is 1. The molecule has 2 amide bonds. The number of aryl methyl sites for hydroxylation is 2. The zero-order valence-electron chi connectivity index (χ0n) is 21.5. The van der Waals surface area contributed by atoms with E-state index in [4.69, 9.17) is 14.2 Å². The Balaban J connectivity index is 1.47. The molecule has 2 N–H and O–H groups in total. The van der Waals surface area contributed by atoms with Gasteiger partial charge in [-0.15, -0.1) is 0 Å². The highest BCUT2D eigenvalue weighted by Crippen LogP contribution is 2.28. The number of ether oxygens (including phenoxy) is 3. The van der Waals surface area contributed by atoms with E-state index in [-0.39, 0.29) is 18.4 Å². The largest absolute Gasteiger partial charge is 0.497 e. The molecule has 0 aliphatic rings. The van der Waals surface area contributed by atoms with Crippen molar-refractivity contribution in [3.8, 4) is 17.2 Å². The lowest BCUT2D eigenvalue weighted by atomic mass is 10.0. The van der Waals surface area contributed by atoms with Gasteiger partial charge in [-0.3, -0.25) is 9.59 Å². The van der Waals surface area contributed by atoms with Crippen LogP contribution >= 0.6 is 0 Å². The van der Waals surface area contributed by atoms with Crippen molar-refractivity contribution >= 4 is 23.7 Å². The molecular weight excluding hydrogens is 470 g/mol. The fraction of sp³-hybridized carbons (Fsp3) is 0.276. The summed E-state index contributed by atoms with van der Waals surface area (Å²) in [6.07, 6.45) is 3.42. The maximum absolute atomic E-state index is 12.2. The Morgan fingerprint density at radius 3 is 2.49 bits per heavy atom. The molecule has 0 bridgehead atoms. The van der Waals surface area contributed by atoms with Crippen molar-refractivity contribution in [2.24, 2.45) is 5.10 Å². The predicted molar refractivity (Wildman–Crippen MR) is 145 cm³/mol. The van der Waals surface area contributed by atoms with Gasteiger partial charge in [0.25, 0.3) is 5.91 Å². The average molecular weight is 504 g/mol. The molecule has 0 saturated heterocycles. The Labute approximate surface area is 217 Å². The fourth-order valence-electron chi connectivity index (χ4n) is 3.60. The molecule has 0 unspecified atom stereocenters. The Bertz CT molecular complexity index is 1210. The molecule has 0 aliphatic carbocycles. The number of hydrogen-bond donors (Lipinski definition) is 2. The van der Waals surface area contributed by atoms with Gasteiger partial charge >= 0.3 is 0 Å². The lowest BCUT2D eigenvalue weighted by molar-refractivity contribution is -0.121. The van der Waals surface area contributed by atoms with E-state index in [0.717, 1.165) is 23.3 Å². The first-order valence-electron chi connectivity index (χ1n) is 12.2. The molecule has 3 aromatic carbocycles. The molecule has 0 heterocycles. The second kappa shape index (κ2) is 14.3. The van der Waals surface area contributed by atoms with E-state index in [1.54, 1.807) is 43.7 Å². The minimum atomic E-state index is -0.274. The summed E-state index contributed by atoms with van der Waals surface area (Å²) in [6.45, 7) is 4.17. The van der Waals surface area contributed by atoms with Crippen LogP contribution in [0.1, 0.15) is 36.5 Å². The minimum Gasteiger partial charge on any atom is -0.497 e. The minimum absolute atomic E-state index is 0.156. The van der Waals surface area contributed by atoms with Crippen molar-refractivity contribution in [2.75, 3.05) is 25.6 Å². The maximum Gasteiger partial charge on any atom is 0.262 e. The smallest absolute Gasteiger partial charge is 0.262 e. The molecule has 3 aromatic rings. The van der Waals surface area contributed by atoms with Crippen LogP contribution in [0.15, 0.2) is 71.8 Å². The summed E-state index contributed by atoms with van der Waals surface area (Å²) >= 11 is 0. The lowest BCUT2D eigenvalue weighted by Gasteiger charge is -2.12. The summed E-state index contributed by atoms with van der Waals surface area (Å²) < 4.78 is 16.6. The molecule has 0 fully saturated rings. The number of amides is 2. The van der Waals surface area contributed by atoms with Crippen LogP contribution in [0, 0.1) is 6.92 Å². The van der Waals surface area contributed by atoms with Crippen LogP contribution < -0.4 is 25.0 Å². The van der Waals surface area contributed by atoms with Gasteiger partial charge in [-0.05, 0) is 85.8 Å². The van der Waals surface area contributed by atoms with Crippen molar-refractivity contribution in [3.05, 3.63) is 83.4 Å². The van der Waals surface area contributed by atoms with E-state index in [0.29, 0.717) is 36.6 Å². The Kier molecular flexibility index (Phi) is 10.5. The van der Waals surface area contributed by atoms with Gasteiger partial charge in [0, 0.05) is 12.1 Å². The van der Waals surface area contributed by atoms with Gasteiger partial charge in [0.05, 0.1) is 19.9 Å². The summed E-state index contributed by atoms with van der Waals surface area (Å²) in [5, 5.41) is 6.83. The second-order valence-corrected chi connectivity index (χ2v) is 8.28. The van der Waals surface area contributed by atoms with Gasteiger partial charge in [-0.1, -0.05) is 24.3 Å². The normalized spacial score (nSPS) is 10.7. The highest BCUT2D eigenvalue weighted by molar-refractivity contribution is 5.92. The summed E-state index contributed by atoms with van der Waals surface area (Å²) in [5.74, 6) is 1.33. The first-order valence-corrected chi connectivity index (χ1v) is 12.2. The third kappa shape index (κ3) is 9.00. The second-order valence-electron chi connectivity index (χ2n) is 8.28. The SMILES string of the molecule is CCOc1cc(/C=N\NC(=O)CCCc2ccc(OC)cc2C)ccc1OCC(=O)Nc1ccccc1. The van der Waals surface area contributed by atoms with Crippen LogP contribution in [0.25, 0.3) is 0 Å². The van der Waals surface area contributed by atoms with E-state index in [2.05, 4.69) is 15.8 Å². The van der Waals surface area contributed by atoms with E-state index in [9.17, 15) is 9.59 Å². The average Bonchev–Trinajstić information content (AvgIpc) is 2.90. The van der Waals surface area contributed by atoms with E-state index >= 15 is 0 Å². The van der Waals surface area contributed by atoms with Crippen molar-refractivity contribution in [1.29, 1.82) is 0 Å². The molecular formula is C29H33N3O5. The lowest BCUT2D eigenvalue weighted by Crippen LogP contribution is -2.20. The Morgan fingerprint density at radius 1 is 0.946 bits per heavy atom. The number of carbonyl (C=O) groups is 2. The molecule has 0 saturated carbocycles. The molecule has 8 heteroatoms. The van der Waals surface area contributed by atoms with Gasteiger partial charge in [-0.2, -0.15) is 5.10 Å². The van der Waals surface area contributed by atoms with E-state index in [1.165, 1.54) is 5.56 Å². The number of methoxy groups -OCH3 is 1. The Morgan fingerprint density at radius 2 is 1.76 bits per heavy atom. The number of rotatable bonds is 13. The van der Waals surface area contributed by atoms with Crippen molar-refractivity contribution in [3.63, 3.8) is 0 Å². The Hall–Kier alpha value is -4.33. The molecule has 0 aliphatic heterocycles. The summed E-state index contributed by atoms with van der Waals surface area (Å²) in [6, 6.07) is 20.4. The molecule has 194 valence electrons. The van der Waals surface area contributed by atoms with Crippen LogP contribution in [0.5, 0.6) is 17.2 Å². The van der Waals surface area contributed by atoms with Crippen LogP contribution in [-0.4, -0.2) is 38.4 Å². The standard InChI is InChI=1S/C29H33N3O5/c1-4-36-27-18-22(13-16-26(27)37-20-29(34)31-24-10-6-5-7-11-24)19-30-32-28(33)12-8-9-23-14-15-25(35-3)17-21(23)2/h5-7,10-11,13-19H,4,8-9,12,20H2,1-3H3,(H,31,34)(H,32,33)/b30-19-. The van der Waals surface area contributed by atoms with Crippen LogP contribution in [-0.2, 0) is 16.0 Å². The summed E-state index contributed by atoms with van der Waals surface area (Å²) in [7, 11) is 1.65. The molecule has 3 rings (SSSR count). The van der Waals surface area contributed by atoms with Crippen LogP contribution in [0.2, 0.25) is 0 Å². The van der Waals surface area contributed by atoms with Gasteiger partial charge in [0.2, 0.25) is 5.91 Å². The molecule has 0 atom stereocenters. The van der Waals surface area contributed by atoms with Gasteiger partial charge in [-0.25, -0.2) is 5.43 Å². The first-order chi connectivity index (χ1) is 18.0. The quantitative estimate of drug-likeness (QED) is 0.256. The molecule has 0 spiro atoms. The van der Waals surface area contributed by atoms with Crippen molar-refractivity contribution < 1.29 is 23.8 Å². The van der Waals surface area contributed by atoms with Gasteiger partial charge in [0.15, 0.2) is 18.1 Å². The topological polar surface area (TPSA) is 98.2 Å². The van der Waals surface area contributed by atoms with Crippen LogP contribution in [0.4, 0.5) is 5.69 Å². The molecule has 0 aromatic heterocycles. The summed E-state index contributed by atoms with van der Waals surface area (Å²) in [4.78, 5) is 24.4. The number of carbonyl (C=O) groups excluding carboxylic acids is 2. The van der Waals surface area contributed by atoms with E-state index < -0.39 is 0 Å². The number of hydrogen-bond acceptors (Lipinski definition) is 6. The molecule has 0 radical (unpaired) electrons.